The average molecular weight is 570 g/mol. The number of aromatic nitrogens is 10. The van der Waals surface area contributed by atoms with E-state index in [0.717, 1.165) is 11.9 Å². The molecule has 0 spiro atoms. The molecule has 0 amide bonds. The van der Waals surface area contributed by atoms with Crippen molar-refractivity contribution in [3.63, 3.8) is 0 Å². The first-order valence-electron chi connectivity index (χ1n) is 12.0. The number of nitrogens with two attached hydrogens (primary N) is 5. The van der Waals surface area contributed by atoms with Crippen molar-refractivity contribution in [3.05, 3.63) is 92.5 Å². The van der Waals surface area contributed by atoms with Crippen molar-refractivity contribution in [1.29, 1.82) is 10.7 Å². The largest absolute Gasteiger partial charge is 0.382 e. The van der Waals surface area contributed by atoms with Crippen LogP contribution in [0.4, 0.5) is 5.82 Å². The lowest BCUT2D eigenvalue weighted by molar-refractivity contribution is 0.731. The molecule has 224 valence electrons. The number of nitrogens with one attached hydrogen (secondary N) is 3. The Morgan fingerprint density at radius 3 is 1.76 bits per heavy atom. The van der Waals surface area contributed by atoms with Gasteiger partial charge in [0.05, 0.1) is 37.8 Å². The number of anilines is 1. The van der Waals surface area contributed by atoms with Gasteiger partial charge in [0.1, 0.15) is 18.0 Å². The van der Waals surface area contributed by atoms with Crippen LogP contribution < -0.4 is 28.8 Å². The van der Waals surface area contributed by atoms with Crippen LogP contribution in [0.3, 0.4) is 0 Å². The predicted octanol–water partition coefficient (Wildman–Crippen LogP) is 0.862. The molecule has 17 heteroatoms. The van der Waals surface area contributed by atoms with Crippen molar-refractivity contribution in [2.75, 3.05) is 18.6 Å². The highest BCUT2D eigenvalue weighted by Gasteiger charge is 1.92. The molecule has 0 saturated heterocycles. The molecule has 17 nitrogen and oxygen atoms in total. The van der Waals surface area contributed by atoms with Gasteiger partial charge in [-0.1, -0.05) is 13.8 Å². The normalized spacial score (nSPS) is 7.85. The summed E-state index contributed by atoms with van der Waals surface area (Å²) in [6.07, 6.45) is 22.5. The minimum absolute atomic E-state index is 0.445. The Bertz CT molecular complexity index is 1100. The second-order valence-electron chi connectivity index (χ2n) is 6.01. The van der Waals surface area contributed by atoms with Crippen LogP contribution in [-0.2, 0) is 13.2 Å². The molecular weight excluding hydrogens is 526 g/mol. The fourth-order valence-electron chi connectivity index (χ4n) is 1.73. The number of nitriles is 1. The van der Waals surface area contributed by atoms with E-state index in [-0.39, 0.29) is 0 Å². The zero-order valence-corrected chi connectivity index (χ0v) is 23.9. The lowest BCUT2D eigenvalue weighted by atomic mass is 10.5. The maximum atomic E-state index is 7.32. The van der Waals surface area contributed by atoms with E-state index in [0.29, 0.717) is 24.9 Å². The van der Waals surface area contributed by atoms with Gasteiger partial charge in [-0.05, 0) is 7.05 Å². The van der Waals surface area contributed by atoms with Crippen LogP contribution in [0.5, 0.6) is 0 Å². The van der Waals surface area contributed by atoms with Crippen LogP contribution in [0.25, 0.3) is 0 Å². The van der Waals surface area contributed by atoms with Gasteiger partial charge in [-0.3, -0.25) is 9.97 Å². The Labute approximate surface area is 240 Å². The van der Waals surface area contributed by atoms with Crippen molar-refractivity contribution in [2.45, 2.75) is 34.0 Å². The number of hydrogen-bond donors (Lipinski definition) is 8. The molecule has 5 aromatic rings. The Hall–Kier alpha value is -5.44. The molecule has 0 aliphatic carbocycles. The van der Waals surface area contributed by atoms with Gasteiger partial charge in [-0.25, -0.2) is 24.6 Å². The molecule has 5 rings (SSSR count). The fraction of sp³-hybridized carbons (Fsp3) is 0.250. The SMILES string of the molecule is CC.CC#N.CN.N=Cc1ncc(CN)[nH]1.NCn1ccnc1.Nc1cncn1N.c1c[nH]cn1.c1cnccn1. The van der Waals surface area contributed by atoms with Gasteiger partial charge in [0.25, 0.3) is 0 Å². The number of hydrogen-bond acceptors (Lipinski definition) is 13. The zero-order chi connectivity index (χ0) is 31.6. The minimum Gasteiger partial charge on any atom is -0.382 e. The molecule has 0 aliphatic rings. The summed E-state index contributed by atoms with van der Waals surface area (Å²) >= 11 is 0. The molecule has 5 aromatic heterocycles. The number of nitrogen functional groups attached to an aromatic ring is 2. The zero-order valence-electron chi connectivity index (χ0n) is 23.9. The summed E-state index contributed by atoms with van der Waals surface area (Å²) in [5.41, 5.74) is 21.1. The second kappa shape index (κ2) is 32.6. The maximum absolute atomic E-state index is 7.32. The van der Waals surface area contributed by atoms with Crippen molar-refractivity contribution >= 4 is 12.0 Å². The summed E-state index contributed by atoms with van der Waals surface area (Å²) in [5, 5.41) is 14.1. The summed E-state index contributed by atoms with van der Waals surface area (Å²) in [5.74, 6) is 6.19. The van der Waals surface area contributed by atoms with Crippen LogP contribution in [-0.4, -0.2) is 62.4 Å². The van der Waals surface area contributed by atoms with Crippen LogP contribution >= 0.6 is 0 Å². The Kier molecular flexibility index (Phi) is 31.8. The quantitative estimate of drug-likeness (QED) is 0.111. The summed E-state index contributed by atoms with van der Waals surface area (Å²) in [4.78, 5) is 27.9. The van der Waals surface area contributed by atoms with Crippen LogP contribution in [0.2, 0.25) is 0 Å². The summed E-state index contributed by atoms with van der Waals surface area (Å²) in [6, 6.07) is 1.75. The number of H-pyrrole nitrogens is 2. The number of rotatable bonds is 3. The molecule has 0 fully saturated rings. The Balaban J connectivity index is -0.000000421. The highest BCUT2D eigenvalue weighted by atomic mass is 15.3. The monoisotopic (exact) mass is 569 g/mol. The number of aromatic amines is 2. The van der Waals surface area contributed by atoms with Gasteiger partial charge in [-0.2, -0.15) is 5.26 Å². The van der Waals surface area contributed by atoms with Gasteiger partial charge in [0, 0.05) is 74.9 Å². The van der Waals surface area contributed by atoms with Crippen molar-refractivity contribution in [3.8, 4) is 6.07 Å². The van der Waals surface area contributed by atoms with E-state index >= 15 is 0 Å². The Morgan fingerprint density at radius 1 is 0.951 bits per heavy atom. The third-order valence-electron chi connectivity index (χ3n) is 3.35. The maximum Gasteiger partial charge on any atom is 0.147 e. The van der Waals surface area contributed by atoms with E-state index < -0.39 is 0 Å². The fourth-order valence-corrected chi connectivity index (χ4v) is 1.73. The summed E-state index contributed by atoms with van der Waals surface area (Å²) < 4.78 is 3.04. The smallest absolute Gasteiger partial charge is 0.147 e. The molecule has 0 radical (unpaired) electrons. The van der Waals surface area contributed by atoms with Gasteiger partial charge in [0.15, 0.2) is 0 Å². The average Bonchev–Trinajstić information content (AvgIpc) is 3.88. The molecule has 0 saturated carbocycles. The van der Waals surface area contributed by atoms with E-state index in [1.807, 2.05) is 20.0 Å². The van der Waals surface area contributed by atoms with Crippen LogP contribution in [0.15, 0.2) is 81.0 Å². The van der Waals surface area contributed by atoms with Gasteiger partial charge < -0.3 is 48.7 Å². The lowest BCUT2D eigenvalue weighted by Crippen LogP contribution is -2.09. The summed E-state index contributed by atoms with van der Waals surface area (Å²) in [7, 11) is 1.50. The van der Waals surface area contributed by atoms with E-state index in [1.54, 1.807) is 72.9 Å². The molecule has 0 bridgehead atoms. The minimum atomic E-state index is 0.445. The highest BCUT2D eigenvalue weighted by Crippen LogP contribution is 1.91. The molecule has 41 heavy (non-hydrogen) atoms. The number of imidazole rings is 4. The standard InChI is InChI=1S/C5H8N4.C4H7N3.C4H4N2.C3H6N4.C3H4N2.C2H3N.C2H6.CH5N/c6-1-4-3-8-5(2-7)9-4;5-3-7-2-1-6-4-7;1-2-6-4-3-5-1;4-3-1-6-2-7(3)5;1-2-5-3-4-1;1-2-3;2*1-2/h2-3,7H,1,6H2,(H,8,9);1-2,4H,3,5H2;1-4H;1-2H,4-5H2;1-3H,(H,4,5);1H3;1-2H3;2H2,1H3. The van der Waals surface area contributed by atoms with Crippen molar-refractivity contribution < 1.29 is 0 Å². The Morgan fingerprint density at radius 2 is 1.56 bits per heavy atom. The van der Waals surface area contributed by atoms with Gasteiger partial charge in [0.2, 0.25) is 0 Å². The van der Waals surface area contributed by atoms with Crippen molar-refractivity contribution in [2.24, 2.45) is 17.2 Å². The second-order valence-corrected chi connectivity index (χ2v) is 6.01. The van der Waals surface area contributed by atoms with Crippen molar-refractivity contribution in [1.82, 2.24) is 49.1 Å². The number of nitrogens with zero attached hydrogens (tertiary/aromatic N) is 9. The lowest BCUT2D eigenvalue weighted by Gasteiger charge is -1.88. The topological polar surface area (TPSA) is 297 Å². The molecule has 13 N–H and O–H groups in total. The molecule has 0 atom stereocenters. The van der Waals surface area contributed by atoms with Gasteiger partial charge >= 0.3 is 0 Å². The molecule has 5 heterocycles. The van der Waals surface area contributed by atoms with E-state index in [4.69, 9.17) is 33.7 Å². The first kappa shape index (κ1) is 40.1. The van der Waals surface area contributed by atoms with E-state index in [9.17, 15) is 0 Å². The molecule has 0 unspecified atom stereocenters. The van der Waals surface area contributed by atoms with Crippen LogP contribution in [0, 0.1) is 16.7 Å². The predicted molar refractivity (Wildman–Crippen MR) is 161 cm³/mol. The first-order valence-corrected chi connectivity index (χ1v) is 12.0. The molecule has 0 aromatic carbocycles. The third kappa shape index (κ3) is 26.0. The van der Waals surface area contributed by atoms with Gasteiger partial charge in [-0.15, -0.1) is 0 Å². The van der Waals surface area contributed by atoms with E-state index in [1.165, 1.54) is 31.2 Å². The van der Waals surface area contributed by atoms with Crippen LogP contribution in [0.1, 0.15) is 32.3 Å². The molecule has 0 aliphatic heterocycles. The summed E-state index contributed by atoms with van der Waals surface area (Å²) in [6.45, 7) is 6.39. The first-order chi connectivity index (χ1) is 20.0. The third-order valence-corrected chi connectivity index (χ3v) is 3.35. The highest BCUT2D eigenvalue weighted by molar-refractivity contribution is 5.71. The molecular formula is C24H43N17. The van der Waals surface area contributed by atoms with E-state index in [2.05, 4.69) is 45.6 Å².